The Morgan fingerprint density at radius 2 is 2.12 bits per heavy atom. The number of anilines is 3. The fourth-order valence-electron chi connectivity index (χ4n) is 2.47. The number of pyridine rings is 1. The smallest absolute Gasteiger partial charge is 0.298 e. The molecule has 9 nitrogen and oxygen atoms in total. The van der Waals surface area contributed by atoms with Crippen LogP contribution in [0.3, 0.4) is 0 Å². The van der Waals surface area contributed by atoms with Crippen LogP contribution in [0.5, 0.6) is 0 Å². The maximum absolute atomic E-state index is 11.5. The Bertz CT molecular complexity index is 881. The molecule has 4 rings (SSSR count). The largest absolute Gasteiger partial charge is 0.422 e. The van der Waals surface area contributed by atoms with Gasteiger partial charge in [-0.2, -0.15) is 0 Å². The molecule has 1 fully saturated rings. The van der Waals surface area contributed by atoms with E-state index in [2.05, 4.69) is 30.6 Å². The van der Waals surface area contributed by atoms with Gasteiger partial charge in [0.15, 0.2) is 5.76 Å². The van der Waals surface area contributed by atoms with Crippen LogP contribution in [-0.4, -0.2) is 45.5 Å². The Balaban J connectivity index is 1.54. The van der Waals surface area contributed by atoms with Crippen molar-refractivity contribution in [1.29, 1.82) is 0 Å². The molecular formula is C16H15N7O2. The molecule has 126 valence electrons. The lowest BCUT2D eigenvalue weighted by Gasteiger charge is -2.24. The summed E-state index contributed by atoms with van der Waals surface area (Å²) in [5, 5.41) is 5.85. The summed E-state index contributed by atoms with van der Waals surface area (Å²) in [5.41, 5.74) is 0.633. The first-order chi connectivity index (χ1) is 12.3. The van der Waals surface area contributed by atoms with E-state index >= 15 is 0 Å². The highest BCUT2D eigenvalue weighted by molar-refractivity contribution is 5.81. The predicted molar refractivity (Wildman–Crippen MR) is 90.3 cm³/mol. The van der Waals surface area contributed by atoms with E-state index in [0.29, 0.717) is 42.2 Å². The van der Waals surface area contributed by atoms with Gasteiger partial charge < -0.3 is 20.0 Å². The van der Waals surface area contributed by atoms with E-state index in [9.17, 15) is 4.79 Å². The van der Waals surface area contributed by atoms with Crippen LogP contribution in [0.2, 0.25) is 0 Å². The van der Waals surface area contributed by atoms with E-state index < -0.39 is 0 Å². The molecule has 1 saturated heterocycles. The number of hydrogen-bond donors (Lipinski definition) is 2. The first kappa shape index (κ1) is 15.1. The number of oxazole rings is 1. The van der Waals surface area contributed by atoms with Gasteiger partial charge in [-0.1, -0.05) is 6.07 Å². The highest BCUT2D eigenvalue weighted by Gasteiger charge is 2.21. The summed E-state index contributed by atoms with van der Waals surface area (Å²) >= 11 is 0. The standard InChI is InChI=1S/C16H15N7O2/c24-15-10-23(7-6-19-15)16-20-8-12(25-16)11-2-1-3-13(21-11)22-14-9-17-4-5-18-14/h1-5,8-9H,6-7,10H2,(H,19,24)(H,18,21,22). The molecule has 0 radical (unpaired) electrons. The van der Waals surface area contributed by atoms with Crippen molar-refractivity contribution >= 4 is 23.6 Å². The minimum absolute atomic E-state index is 0.0423. The second-order valence-corrected chi connectivity index (χ2v) is 5.40. The fourth-order valence-corrected chi connectivity index (χ4v) is 2.47. The predicted octanol–water partition coefficient (Wildman–Crippen LogP) is 1.21. The molecule has 9 heteroatoms. The molecule has 3 aromatic heterocycles. The number of piperazine rings is 1. The third-order valence-corrected chi connectivity index (χ3v) is 3.62. The second kappa shape index (κ2) is 6.56. The van der Waals surface area contributed by atoms with Crippen LogP contribution in [-0.2, 0) is 4.79 Å². The Morgan fingerprint density at radius 3 is 2.96 bits per heavy atom. The number of carbonyl (C=O) groups is 1. The molecule has 1 amide bonds. The molecule has 0 saturated carbocycles. The highest BCUT2D eigenvalue weighted by Crippen LogP contribution is 2.24. The van der Waals surface area contributed by atoms with Crippen molar-refractivity contribution in [2.24, 2.45) is 0 Å². The van der Waals surface area contributed by atoms with Crippen LogP contribution >= 0.6 is 0 Å². The fraction of sp³-hybridized carbons (Fsp3) is 0.188. The third-order valence-electron chi connectivity index (χ3n) is 3.62. The molecule has 0 atom stereocenters. The summed E-state index contributed by atoms with van der Waals surface area (Å²) < 4.78 is 5.78. The number of nitrogens with zero attached hydrogens (tertiary/aromatic N) is 5. The third kappa shape index (κ3) is 3.39. The highest BCUT2D eigenvalue weighted by atomic mass is 16.4. The normalized spacial score (nSPS) is 14.2. The number of amides is 1. The van der Waals surface area contributed by atoms with Crippen LogP contribution in [0.25, 0.3) is 11.5 Å². The zero-order valence-corrected chi connectivity index (χ0v) is 13.2. The average Bonchev–Trinajstić information content (AvgIpc) is 3.13. The zero-order valence-electron chi connectivity index (χ0n) is 13.2. The van der Waals surface area contributed by atoms with Gasteiger partial charge in [0.05, 0.1) is 12.4 Å². The summed E-state index contributed by atoms with van der Waals surface area (Å²) in [5.74, 6) is 1.71. The van der Waals surface area contributed by atoms with Crippen molar-refractivity contribution in [1.82, 2.24) is 25.3 Å². The Labute approximate surface area is 143 Å². The van der Waals surface area contributed by atoms with Gasteiger partial charge in [0.1, 0.15) is 23.9 Å². The van der Waals surface area contributed by atoms with Crippen LogP contribution < -0.4 is 15.5 Å². The van der Waals surface area contributed by atoms with Crippen molar-refractivity contribution in [2.75, 3.05) is 29.9 Å². The molecule has 0 bridgehead atoms. The molecule has 0 spiro atoms. The molecule has 1 aliphatic heterocycles. The topological polar surface area (TPSA) is 109 Å². The van der Waals surface area contributed by atoms with E-state index in [4.69, 9.17) is 4.42 Å². The maximum Gasteiger partial charge on any atom is 0.298 e. The van der Waals surface area contributed by atoms with Gasteiger partial charge in [0, 0.05) is 25.5 Å². The molecule has 4 heterocycles. The van der Waals surface area contributed by atoms with Gasteiger partial charge in [0.25, 0.3) is 6.01 Å². The van der Waals surface area contributed by atoms with Crippen LogP contribution in [0, 0.1) is 0 Å². The van der Waals surface area contributed by atoms with Crippen molar-refractivity contribution in [2.45, 2.75) is 0 Å². The van der Waals surface area contributed by atoms with Crippen molar-refractivity contribution in [3.8, 4) is 11.5 Å². The quantitative estimate of drug-likeness (QED) is 0.731. The van der Waals surface area contributed by atoms with Gasteiger partial charge in [-0.3, -0.25) is 9.78 Å². The van der Waals surface area contributed by atoms with Gasteiger partial charge in [-0.15, -0.1) is 0 Å². The van der Waals surface area contributed by atoms with E-state index in [1.54, 1.807) is 29.7 Å². The molecule has 0 unspecified atom stereocenters. The molecule has 3 aromatic rings. The Kier molecular flexibility index (Phi) is 3.95. The number of aromatic nitrogens is 4. The first-order valence-electron chi connectivity index (χ1n) is 7.76. The summed E-state index contributed by atoms with van der Waals surface area (Å²) in [7, 11) is 0. The maximum atomic E-state index is 11.5. The lowest BCUT2D eigenvalue weighted by Crippen LogP contribution is -2.47. The van der Waals surface area contributed by atoms with Crippen LogP contribution in [0.4, 0.5) is 17.7 Å². The zero-order chi connectivity index (χ0) is 17.1. The van der Waals surface area contributed by atoms with Crippen LogP contribution in [0.1, 0.15) is 0 Å². The van der Waals surface area contributed by atoms with Crippen molar-refractivity contribution in [3.05, 3.63) is 43.0 Å². The van der Waals surface area contributed by atoms with E-state index in [0.717, 1.165) is 0 Å². The van der Waals surface area contributed by atoms with E-state index in [-0.39, 0.29) is 12.5 Å². The van der Waals surface area contributed by atoms with E-state index in [1.165, 1.54) is 0 Å². The SMILES string of the molecule is O=C1CN(c2ncc(-c3cccc(Nc4cnccn4)n3)o2)CCN1. The van der Waals surface area contributed by atoms with Gasteiger partial charge >= 0.3 is 0 Å². The Hall–Kier alpha value is -3.49. The van der Waals surface area contributed by atoms with Crippen molar-refractivity contribution < 1.29 is 9.21 Å². The van der Waals surface area contributed by atoms with Gasteiger partial charge in [-0.25, -0.2) is 15.0 Å². The summed E-state index contributed by atoms with van der Waals surface area (Å²) in [6.45, 7) is 1.47. The van der Waals surface area contributed by atoms with Gasteiger partial charge in [0.2, 0.25) is 5.91 Å². The average molecular weight is 337 g/mol. The monoisotopic (exact) mass is 337 g/mol. The summed E-state index contributed by atoms with van der Waals surface area (Å²) in [4.78, 5) is 30.2. The molecule has 2 N–H and O–H groups in total. The Morgan fingerprint density at radius 1 is 1.16 bits per heavy atom. The number of carbonyl (C=O) groups excluding carboxylic acids is 1. The molecule has 1 aliphatic rings. The molecule has 0 aliphatic carbocycles. The molecular weight excluding hydrogens is 322 g/mol. The van der Waals surface area contributed by atoms with Crippen LogP contribution in [0.15, 0.2) is 47.4 Å². The van der Waals surface area contributed by atoms with Crippen molar-refractivity contribution in [3.63, 3.8) is 0 Å². The van der Waals surface area contributed by atoms with E-state index in [1.807, 2.05) is 18.2 Å². The second-order valence-electron chi connectivity index (χ2n) is 5.40. The first-order valence-corrected chi connectivity index (χ1v) is 7.76. The van der Waals surface area contributed by atoms with Gasteiger partial charge in [-0.05, 0) is 12.1 Å². The number of nitrogens with one attached hydrogen (secondary N) is 2. The minimum atomic E-state index is -0.0423. The molecule has 25 heavy (non-hydrogen) atoms. The lowest BCUT2D eigenvalue weighted by atomic mass is 10.3. The number of hydrogen-bond acceptors (Lipinski definition) is 8. The minimum Gasteiger partial charge on any atom is -0.422 e. The molecule has 0 aromatic carbocycles. The summed E-state index contributed by atoms with van der Waals surface area (Å²) in [6, 6.07) is 5.93. The summed E-state index contributed by atoms with van der Waals surface area (Å²) in [6.07, 6.45) is 6.42. The number of rotatable bonds is 4. The lowest BCUT2D eigenvalue weighted by molar-refractivity contribution is -0.120.